The lowest BCUT2D eigenvalue weighted by molar-refractivity contribution is -0.125. The fraction of sp³-hybridized carbons (Fsp3) is 0.312. The van der Waals surface area contributed by atoms with Crippen molar-refractivity contribution < 1.29 is 9.59 Å². The summed E-state index contributed by atoms with van der Waals surface area (Å²) in [6.07, 6.45) is 0.722. The van der Waals surface area contributed by atoms with Crippen LogP contribution in [-0.2, 0) is 4.79 Å². The summed E-state index contributed by atoms with van der Waals surface area (Å²) >= 11 is 1.31. The molecule has 116 valence electrons. The second kappa shape index (κ2) is 7.17. The van der Waals surface area contributed by atoms with Gasteiger partial charge in [0, 0.05) is 11.5 Å². The highest BCUT2D eigenvalue weighted by Gasteiger charge is 2.17. The van der Waals surface area contributed by atoms with E-state index in [1.165, 1.54) is 11.3 Å². The molecule has 1 atom stereocenters. The highest BCUT2D eigenvalue weighted by molar-refractivity contribution is 7.17. The fourth-order valence-electron chi connectivity index (χ4n) is 1.80. The van der Waals surface area contributed by atoms with Crippen LogP contribution in [0.3, 0.4) is 0 Å². The first kappa shape index (κ1) is 16.2. The van der Waals surface area contributed by atoms with Gasteiger partial charge < -0.3 is 0 Å². The van der Waals surface area contributed by atoms with E-state index in [1.54, 1.807) is 6.92 Å². The van der Waals surface area contributed by atoms with Gasteiger partial charge in [0.1, 0.15) is 9.88 Å². The van der Waals surface area contributed by atoms with Gasteiger partial charge in [0.05, 0.1) is 5.69 Å². The molecule has 2 N–H and O–H groups in total. The Morgan fingerprint density at radius 3 is 2.55 bits per heavy atom. The minimum absolute atomic E-state index is 0.136. The molecule has 1 unspecified atom stereocenters. The molecule has 0 radical (unpaired) electrons. The molecular formula is C16H19N3O2S. The van der Waals surface area contributed by atoms with Gasteiger partial charge in [-0.2, -0.15) is 0 Å². The van der Waals surface area contributed by atoms with Crippen molar-refractivity contribution in [3.8, 4) is 10.6 Å². The lowest BCUT2D eigenvalue weighted by atomic mass is 10.1. The highest BCUT2D eigenvalue weighted by atomic mass is 32.1. The standard InChI is InChI=1S/C16H19N3O2S/c1-4-10(2)14(20)18-19-15(21)13-11(3)17-16(22-13)12-8-6-5-7-9-12/h5-10H,4H2,1-3H3,(H,18,20)(H,19,21). The summed E-state index contributed by atoms with van der Waals surface area (Å²) in [5.74, 6) is -0.669. The second-order valence-electron chi connectivity index (χ2n) is 5.05. The molecule has 1 aromatic heterocycles. The highest BCUT2D eigenvalue weighted by Crippen LogP contribution is 2.27. The van der Waals surface area contributed by atoms with Gasteiger partial charge in [-0.25, -0.2) is 4.98 Å². The molecule has 1 heterocycles. The summed E-state index contributed by atoms with van der Waals surface area (Å²) in [7, 11) is 0. The number of carbonyl (C=O) groups excluding carboxylic acids is 2. The summed E-state index contributed by atoms with van der Waals surface area (Å²) in [4.78, 5) is 28.8. The number of amides is 2. The van der Waals surface area contributed by atoms with Crippen LogP contribution < -0.4 is 10.9 Å². The first-order valence-corrected chi connectivity index (χ1v) is 7.97. The molecular weight excluding hydrogens is 298 g/mol. The normalized spacial score (nSPS) is 11.8. The summed E-state index contributed by atoms with van der Waals surface area (Å²) in [6, 6.07) is 9.69. The Morgan fingerprint density at radius 2 is 1.91 bits per heavy atom. The second-order valence-corrected chi connectivity index (χ2v) is 6.05. The number of aromatic nitrogens is 1. The Hall–Kier alpha value is -2.21. The quantitative estimate of drug-likeness (QED) is 0.852. The number of hydrazine groups is 1. The third-order valence-corrected chi connectivity index (χ3v) is 4.59. The van der Waals surface area contributed by atoms with Gasteiger partial charge in [0.25, 0.3) is 5.91 Å². The molecule has 0 saturated heterocycles. The maximum Gasteiger partial charge on any atom is 0.281 e. The molecule has 0 spiro atoms. The van der Waals surface area contributed by atoms with E-state index in [0.717, 1.165) is 17.0 Å². The average Bonchev–Trinajstić information content (AvgIpc) is 2.94. The van der Waals surface area contributed by atoms with Crippen molar-refractivity contribution in [1.29, 1.82) is 0 Å². The van der Waals surface area contributed by atoms with Gasteiger partial charge in [0.15, 0.2) is 0 Å². The molecule has 6 heteroatoms. The number of hydrogen-bond donors (Lipinski definition) is 2. The number of benzene rings is 1. The van der Waals surface area contributed by atoms with Crippen LogP contribution in [0.4, 0.5) is 0 Å². The van der Waals surface area contributed by atoms with E-state index in [4.69, 9.17) is 0 Å². The van der Waals surface area contributed by atoms with Crippen LogP contribution in [0.5, 0.6) is 0 Å². The van der Waals surface area contributed by atoms with E-state index < -0.39 is 0 Å². The van der Waals surface area contributed by atoms with Crippen molar-refractivity contribution >= 4 is 23.2 Å². The van der Waals surface area contributed by atoms with Crippen LogP contribution in [0, 0.1) is 12.8 Å². The van der Waals surface area contributed by atoms with E-state index in [2.05, 4.69) is 15.8 Å². The molecule has 0 fully saturated rings. The molecule has 0 aliphatic carbocycles. The molecule has 0 saturated carbocycles. The molecule has 0 bridgehead atoms. The zero-order valence-electron chi connectivity index (χ0n) is 12.8. The fourth-order valence-corrected chi connectivity index (χ4v) is 2.76. The topological polar surface area (TPSA) is 71.1 Å². The van der Waals surface area contributed by atoms with Crippen LogP contribution in [0.1, 0.15) is 35.6 Å². The molecule has 2 rings (SSSR count). The Kier molecular flexibility index (Phi) is 5.27. The number of rotatable bonds is 4. The molecule has 22 heavy (non-hydrogen) atoms. The number of aryl methyl sites for hydroxylation is 1. The first-order valence-electron chi connectivity index (χ1n) is 7.16. The van der Waals surface area contributed by atoms with Crippen LogP contribution in [0.2, 0.25) is 0 Å². The summed E-state index contributed by atoms with van der Waals surface area (Å²) in [5.41, 5.74) is 6.52. The molecule has 5 nitrogen and oxygen atoms in total. The summed E-state index contributed by atoms with van der Waals surface area (Å²) in [5, 5.41) is 0.788. The number of nitrogens with zero attached hydrogens (tertiary/aromatic N) is 1. The van der Waals surface area contributed by atoms with Gasteiger partial charge in [-0.3, -0.25) is 20.4 Å². The van der Waals surface area contributed by atoms with Crippen molar-refractivity contribution in [3.05, 3.63) is 40.9 Å². The monoisotopic (exact) mass is 317 g/mol. The van der Waals surface area contributed by atoms with E-state index in [-0.39, 0.29) is 17.7 Å². The summed E-state index contributed by atoms with van der Waals surface area (Å²) < 4.78 is 0. The van der Waals surface area contributed by atoms with Gasteiger partial charge in [-0.15, -0.1) is 11.3 Å². The van der Waals surface area contributed by atoms with Crippen LogP contribution in [-0.4, -0.2) is 16.8 Å². The zero-order chi connectivity index (χ0) is 16.1. The largest absolute Gasteiger partial charge is 0.281 e. The first-order chi connectivity index (χ1) is 10.5. The lowest BCUT2D eigenvalue weighted by Crippen LogP contribution is -2.43. The van der Waals surface area contributed by atoms with Crippen molar-refractivity contribution in [3.63, 3.8) is 0 Å². The van der Waals surface area contributed by atoms with Crippen LogP contribution in [0.25, 0.3) is 10.6 Å². The average molecular weight is 317 g/mol. The van der Waals surface area contributed by atoms with E-state index in [9.17, 15) is 9.59 Å². The van der Waals surface area contributed by atoms with Crippen molar-refractivity contribution in [1.82, 2.24) is 15.8 Å². The number of nitrogens with one attached hydrogen (secondary N) is 2. The number of hydrogen-bond acceptors (Lipinski definition) is 4. The SMILES string of the molecule is CCC(C)C(=O)NNC(=O)c1sc(-c2ccccc2)nc1C. The third-order valence-electron chi connectivity index (χ3n) is 3.38. The van der Waals surface area contributed by atoms with Crippen molar-refractivity contribution in [2.75, 3.05) is 0 Å². The minimum Gasteiger partial charge on any atom is -0.273 e. The molecule has 2 amide bonds. The molecule has 2 aromatic rings. The lowest BCUT2D eigenvalue weighted by Gasteiger charge is -2.10. The van der Waals surface area contributed by atoms with Crippen molar-refractivity contribution in [2.24, 2.45) is 5.92 Å². The van der Waals surface area contributed by atoms with Crippen LogP contribution in [0.15, 0.2) is 30.3 Å². The molecule has 1 aromatic carbocycles. The maximum absolute atomic E-state index is 12.2. The summed E-state index contributed by atoms with van der Waals surface area (Å²) in [6.45, 7) is 5.52. The van der Waals surface area contributed by atoms with Gasteiger partial charge in [-0.05, 0) is 13.3 Å². The smallest absolute Gasteiger partial charge is 0.273 e. The zero-order valence-corrected chi connectivity index (χ0v) is 13.7. The maximum atomic E-state index is 12.2. The van der Waals surface area contributed by atoms with Gasteiger partial charge >= 0.3 is 0 Å². The Bertz CT molecular complexity index is 667. The van der Waals surface area contributed by atoms with Crippen molar-refractivity contribution in [2.45, 2.75) is 27.2 Å². The Morgan fingerprint density at radius 1 is 1.23 bits per heavy atom. The predicted octanol–water partition coefficient (Wildman–Crippen LogP) is 2.93. The molecule has 0 aliphatic heterocycles. The minimum atomic E-state index is -0.339. The number of carbonyl (C=O) groups is 2. The Labute approximate surface area is 133 Å². The van der Waals surface area contributed by atoms with Gasteiger partial charge in [-0.1, -0.05) is 44.2 Å². The van der Waals surface area contributed by atoms with E-state index in [0.29, 0.717) is 10.6 Å². The van der Waals surface area contributed by atoms with Crippen LogP contribution >= 0.6 is 11.3 Å². The Balaban J connectivity index is 2.08. The predicted molar refractivity (Wildman–Crippen MR) is 87.4 cm³/mol. The van der Waals surface area contributed by atoms with E-state index >= 15 is 0 Å². The third kappa shape index (κ3) is 3.71. The number of thiazole rings is 1. The van der Waals surface area contributed by atoms with E-state index in [1.807, 2.05) is 44.2 Å². The van der Waals surface area contributed by atoms with Gasteiger partial charge in [0.2, 0.25) is 5.91 Å². The molecule has 0 aliphatic rings.